The minimum Gasteiger partial charge on any atom is -0.493 e. The summed E-state index contributed by atoms with van der Waals surface area (Å²) < 4.78 is 17.4. The zero-order chi connectivity index (χ0) is 16.9. The molecular weight excluding hydrogens is 320 g/mol. The Bertz CT molecular complexity index is 835. The van der Waals surface area contributed by atoms with Crippen LogP contribution in [0.2, 0.25) is 0 Å². The molecule has 2 aromatic rings. The first-order valence-electron chi connectivity index (χ1n) is 8.32. The van der Waals surface area contributed by atoms with Gasteiger partial charge in [-0.15, -0.1) is 0 Å². The van der Waals surface area contributed by atoms with Gasteiger partial charge in [0.25, 0.3) is 6.02 Å². The highest BCUT2D eigenvalue weighted by Crippen LogP contribution is 2.52. The largest absolute Gasteiger partial charge is 0.493 e. The molecule has 1 fully saturated rings. The predicted octanol–water partition coefficient (Wildman–Crippen LogP) is 1.35. The molecule has 1 saturated heterocycles. The van der Waals surface area contributed by atoms with Crippen molar-refractivity contribution in [3.8, 4) is 16.9 Å². The third-order valence-corrected chi connectivity index (χ3v) is 5.26. The number of rotatable bonds is 2. The van der Waals surface area contributed by atoms with Crippen LogP contribution >= 0.6 is 0 Å². The summed E-state index contributed by atoms with van der Waals surface area (Å²) in [5.41, 5.74) is 8.83. The van der Waals surface area contributed by atoms with Crippen molar-refractivity contribution in [2.24, 2.45) is 16.1 Å². The summed E-state index contributed by atoms with van der Waals surface area (Å²) in [6.45, 7) is 2.51. The van der Waals surface area contributed by atoms with Gasteiger partial charge in [0.1, 0.15) is 18.2 Å². The van der Waals surface area contributed by atoms with E-state index in [1.165, 1.54) is 6.33 Å². The molecule has 2 atom stereocenters. The van der Waals surface area contributed by atoms with E-state index < -0.39 is 0 Å². The van der Waals surface area contributed by atoms with Gasteiger partial charge in [-0.1, -0.05) is 6.07 Å². The second kappa shape index (κ2) is 5.42. The van der Waals surface area contributed by atoms with Crippen LogP contribution in [0.25, 0.3) is 11.1 Å². The zero-order valence-corrected chi connectivity index (χ0v) is 13.6. The quantitative estimate of drug-likeness (QED) is 0.889. The molecule has 0 saturated carbocycles. The van der Waals surface area contributed by atoms with Crippen molar-refractivity contribution in [3.63, 3.8) is 0 Å². The molecule has 4 heterocycles. The number of aromatic nitrogens is 2. The van der Waals surface area contributed by atoms with Gasteiger partial charge in [-0.05, 0) is 17.7 Å². The van der Waals surface area contributed by atoms with Gasteiger partial charge in [0, 0.05) is 29.4 Å². The molecule has 3 aliphatic rings. The minimum atomic E-state index is -0.0891. The van der Waals surface area contributed by atoms with E-state index in [9.17, 15) is 0 Å². The van der Waals surface area contributed by atoms with Crippen molar-refractivity contribution >= 4 is 6.02 Å². The molecule has 0 aliphatic carbocycles. The van der Waals surface area contributed by atoms with Crippen LogP contribution < -0.4 is 10.5 Å². The van der Waals surface area contributed by atoms with E-state index in [4.69, 9.17) is 19.9 Å². The topological polar surface area (TPSA) is 91.9 Å². The Kier molecular flexibility index (Phi) is 3.18. The second-order valence-electron chi connectivity index (χ2n) is 6.84. The van der Waals surface area contributed by atoms with Gasteiger partial charge in [0.05, 0.1) is 31.8 Å². The summed E-state index contributed by atoms with van der Waals surface area (Å²) in [6.07, 6.45) is 5.06. The van der Waals surface area contributed by atoms with E-state index in [2.05, 4.69) is 21.0 Å². The number of benzene rings is 1. The highest BCUT2D eigenvalue weighted by molar-refractivity contribution is 5.73. The van der Waals surface area contributed by atoms with Crippen LogP contribution in [0.15, 0.2) is 41.9 Å². The van der Waals surface area contributed by atoms with Crippen molar-refractivity contribution in [2.75, 3.05) is 26.4 Å². The average Bonchev–Trinajstić information content (AvgIpc) is 3.05. The number of fused-ring (bicyclic) bond motifs is 1. The highest BCUT2D eigenvalue weighted by atomic mass is 16.5. The molecule has 7 nitrogen and oxygen atoms in total. The van der Waals surface area contributed by atoms with Crippen LogP contribution in [-0.2, 0) is 9.47 Å². The fraction of sp³-hybridized carbons (Fsp3) is 0.389. The van der Waals surface area contributed by atoms with Crippen LogP contribution in [0.5, 0.6) is 5.75 Å². The van der Waals surface area contributed by atoms with E-state index in [0.717, 1.165) is 22.4 Å². The molecule has 1 spiro atoms. The van der Waals surface area contributed by atoms with E-state index in [1.54, 1.807) is 0 Å². The first-order valence-corrected chi connectivity index (χ1v) is 8.32. The van der Waals surface area contributed by atoms with Gasteiger partial charge >= 0.3 is 0 Å². The highest BCUT2D eigenvalue weighted by Gasteiger charge is 2.55. The summed E-state index contributed by atoms with van der Waals surface area (Å²) in [5.74, 6) is 1.01. The maximum atomic E-state index is 6.05. The lowest BCUT2D eigenvalue weighted by molar-refractivity contribution is -0.166. The Labute approximate surface area is 144 Å². The molecule has 0 unspecified atom stereocenters. The lowest BCUT2D eigenvalue weighted by Gasteiger charge is -2.51. The lowest BCUT2D eigenvalue weighted by atomic mass is 9.66. The summed E-state index contributed by atoms with van der Waals surface area (Å²) in [4.78, 5) is 12.5. The number of hydrogen-bond donors (Lipinski definition) is 1. The SMILES string of the molecule is NC1=NC[C@H]([C@@H]2c3cc(-c4cncnc4)ccc3OCC23COC3)O1. The van der Waals surface area contributed by atoms with E-state index >= 15 is 0 Å². The van der Waals surface area contributed by atoms with E-state index in [-0.39, 0.29) is 23.5 Å². The number of amidine groups is 1. The third-order valence-electron chi connectivity index (χ3n) is 5.26. The van der Waals surface area contributed by atoms with Crippen LogP contribution in [0.1, 0.15) is 11.5 Å². The number of nitrogens with zero attached hydrogens (tertiary/aromatic N) is 3. The maximum Gasteiger partial charge on any atom is 0.282 e. The molecule has 7 heteroatoms. The van der Waals surface area contributed by atoms with Gasteiger partial charge in [-0.2, -0.15) is 0 Å². The summed E-state index contributed by atoms with van der Waals surface area (Å²) >= 11 is 0. The Morgan fingerprint density at radius 3 is 2.60 bits per heavy atom. The minimum absolute atomic E-state index is 0.0797. The fourth-order valence-electron chi connectivity index (χ4n) is 4.00. The van der Waals surface area contributed by atoms with Gasteiger partial charge in [-0.3, -0.25) is 0 Å². The summed E-state index contributed by atoms with van der Waals surface area (Å²) in [6, 6.07) is 6.46. The fourth-order valence-corrected chi connectivity index (χ4v) is 4.00. The van der Waals surface area contributed by atoms with E-state index in [1.807, 2.05) is 24.5 Å². The predicted molar refractivity (Wildman–Crippen MR) is 90.3 cm³/mol. The molecular formula is C18H18N4O3. The Morgan fingerprint density at radius 2 is 1.92 bits per heavy atom. The molecule has 2 N–H and O–H groups in total. The molecule has 25 heavy (non-hydrogen) atoms. The zero-order valence-electron chi connectivity index (χ0n) is 13.6. The molecule has 0 bridgehead atoms. The molecule has 128 valence electrons. The van der Waals surface area contributed by atoms with Crippen molar-refractivity contribution in [3.05, 3.63) is 42.5 Å². The molecule has 5 rings (SSSR count). The van der Waals surface area contributed by atoms with Gasteiger partial charge in [-0.25, -0.2) is 15.0 Å². The normalized spacial score (nSPS) is 26.2. The molecule has 3 aliphatic heterocycles. The van der Waals surface area contributed by atoms with Crippen molar-refractivity contribution in [1.82, 2.24) is 9.97 Å². The first-order chi connectivity index (χ1) is 12.3. The molecule has 0 radical (unpaired) electrons. The van der Waals surface area contributed by atoms with E-state index in [0.29, 0.717) is 26.4 Å². The monoisotopic (exact) mass is 338 g/mol. The van der Waals surface area contributed by atoms with Gasteiger partial charge < -0.3 is 19.9 Å². The number of hydrogen-bond acceptors (Lipinski definition) is 7. The van der Waals surface area contributed by atoms with Crippen LogP contribution in [-0.4, -0.2) is 48.5 Å². The Morgan fingerprint density at radius 1 is 1.08 bits per heavy atom. The first kappa shape index (κ1) is 14.7. The van der Waals surface area contributed by atoms with Crippen LogP contribution in [0, 0.1) is 5.41 Å². The summed E-state index contributed by atoms with van der Waals surface area (Å²) in [7, 11) is 0. The lowest BCUT2D eigenvalue weighted by Crippen LogP contribution is -2.56. The molecule has 1 aromatic heterocycles. The number of nitrogens with two attached hydrogens (primary N) is 1. The number of ether oxygens (including phenoxy) is 3. The van der Waals surface area contributed by atoms with Crippen molar-refractivity contribution < 1.29 is 14.2 Å². The van der Waals surface area contributed by atoms with Crippen molar-refractivity contribution in [1.29, 1.82) is 0 Å². The second-order valence-corrected chi connectivity index (χ2v) is 6.84. The smallest absolute Gasteiger partial charge is 0.282 e. The standard InChI is InChI=1S/C18H18N4O3/c19-17-22-6-15(25-17)16-13-3-11(12-4-20-10-21-5-12)1-2-14(13)24-9-18(16)7-23-8-18/h1-5,10,15-16H,6-9H2,(H2,19,22)/t15-,16+/m1/s1. The third kappa shape index (κ3) is 2.26. The van der Waals surface area contributed by atoms with Crippen LogP contribution in [0.4, 0.5) is 0 Å². The molecule has 1 aromatic carbocycles. The van der Waals surface area contributed by atoms with Crippen molar-refractivity contribution in [2.45, 2.75) is 12.0 Å². The number of aliphatic imine (C=N–C) groups is 1. The summed E-state index contributed by atoms with van der Waals surface area (Å²) in [5, 5.41) is 0. The van der Waals surface area contributed by atoms with Crippen LogP contribution in [0.3, 0.4) is 0 Å². The molecule has 0 amide bonds. The van der Waals surface area contributed by atoms with Gasteiger partial charge in [0.2, 0.25) is 0 Å². The Hall–Kier alpha value is -2.67. The average molecular weight is 338 g/mol. The Balaban J connectivity index is 1.59. The van der Waals surface area contributed by atoms with Gasteiger partial charge in [0.15, 0.2) is 0 Å². The maximum absolute atomic E-state index is 6.05.